The lowest BCUT2D eigenvalue weighted by atomic mass is 9.82. The van der Waals surface area contributed by atoms with Crippen LogP contribution in [0.4, 0.5) is 0 Å². The molecule has 1 fully saturated rings. The van der Waals surface area contributed by atoms with Gasteiger partial charge in [-0.3, -0.25) is 0 Å². The second kappa shape index (κ2) is 5.59. The summed E-state index contributed by atoms with van der Waals surface area (Å²) in [5, 5.41) is 3.40. The Balaban J connectivity index is 2.39. The van der Waals surface area contributed by atoms with Crippen molar-refractivity contribution in [1.29, 1.82) is 0 Å². The fourth-order valence-electron chi connectivity index (χ4n) is 2.32. The second-order valence-corrected chi connectivity index (χ2v) is 4.86. The van der Waals surface area contributed by atoms with Crippen LogP contribution in [0.1, 0.15) is 12.5 Å². The van der Waals surface area contributed by atoms with Crippen LogP contribution in [0.5, 0.6) is 11.5 Å². The zero-order chi connectivity index (χ0) is 13.0. The van der Waals surface area contributed by atoms with Crippen molar-refractivity contribution in [2.45, 2.75) is 12.3 Å². The molecule has 1 unspecified atom stereocenters. The molecule has 1 atom stereocenters. The Morgan fingerprint density at radius 1 is 1.28 bits per heavy atom. The lowest BCUT2D eigenvalue weighted by Gasteiger charge is -2.29. The zero-order valence-electron chi connectivity index (χ0n) is 11.3. The number of ether oxygens (including phenoxy) is 3. The molecule has 0 spiro atoms. The zero-order valence-corrected chi connectivity index (χ0v) is 11.3. The largest absolute Gasteiger partial charge is 0.497 e. The van der Waals surface area contributed by atoms with Crippen LogP contribution < -0.4 is 14.8 Å². The van der Waals surface area contributed by atoms with Gasteiger partial charge in [0.1, 0.15) is 11.5 Å². The quantitative estimate of drug-likeness (QED) is 0.885. The predicted octanol–water partition coefficient (Wildman–Crippen LogP) is 1.58. The summed E-state index contributed by atoms with van der Waals surface area (Å²) in [4.78, 5) is 0. The van der Waals surface area contributed by atoms with Gasteiger partial charge in [-0.1, -0.05) is 6.92 Å². The molecule has 1 aromatic rings. The summed E-state index contributed by atoms with van der Waals surface area (Å²) < 4.78 is 16.4. The highest BCUT2D eigenvalue weighted by Gasteiger charge is 2.31. The van der Waals surface area contributed by atoms with Crippen LogP contribution in [0, 0.1) is 0 Å². The molecule has 1 aliphatic heterocycles. The summed E-state index contributed by atoms with van der Waals surface area (Å²) in [6, 6.07) is 5.90. The van der Waals surface area contributed by atoms with E-state index in [-0.39, 0.29) is 5.41 Å². The van der Waals surface area contributed by atoms with Crippen molar-refractivity contribution in [3.63, 3.8) is 0 Å². The average Bonchev–Trinajstić information content (AvgIpc) is 2.64. The molecule has 4 nitrogen and oxygen atoms in total. The van der Waals surface area contributed by atoms with E-state index < -0.39 is 0 Å². The van der Waals surface area contributed by atoms with Crippen LogP contribution in [0.15, 0.2) is 18.2 Å². The minimum Gasteiger partial charge on any atom is -0.497 e. The van der Waals surface area contributed by atoms with Gasteiger partial charge < -0.3 is 19.5 Å². The highest BCUT2D eigenvalue weighted by Crippen LogP contribution is 2.35. The third kappa shape index (κ3) is 2.60. The summed E-state index contributed by atoms with van der Waals surface area (Å²) in [6.07, 6.45) is 0. The fraction of sp³-hybridized carbons (Fsp3) is 0.571. The lowest BCUT2D eigenvalue weighted by molar-refractivity contribution is 0.112. The first-order chi connectivity index (χ1) is 8.69. The van der Waals surface area contributed by atoms with E-state index in [2.05, 4.69) is 12.2 Å². The molecular weight excluding hydrogens is 230 g/mol. The molecule has 1 heterocycles. The molecule has 2 rings (SSSR count). The van der Waals surface area contributed by atoms with Gasteiger partial charge in [0, 0.05) is 24.1 Å². The van der Waals surface area contributed by atoms with Crippen molar-refractivity contribution in [1.82, 2.24) is 5.32 Å². The molecule has 1 aromatic carbocycles. The number of hydrogen-bond acceptors (Lipinski definition) is 4. The van der Waals surface area contributed by atoms with Gasteiger partial charge in [0.2, 0.25) is 0 Å². The maximum Gasteiger partial charge on any atom is 0.123 e. The van der Waals surface area contributed by atoms with Crippen LogP contribution >= 0.6 is 0 Å². The van der Waals surface area contributed by atoms with E-state index in [0.717, 1.165) is 36.8 Å². The summed E-state index contributed by atoms with van der Waals surface area (Å²) in [5.74, 6) is 1.72. The normalized spacial score (nSPS) is 24.4. The standard InChI is InChI=1S/C14H21NO3/c1-14(9-15-6-7-18-10-14)12-8-11(16-2)4-5-13(12)17-3/h4-5,8,15H,6-7,9-10H2,1-3H3. The average molecular weight is 251 g/mol. The van der Waals surface area contributed by atoms with Crippen molar-refractivity contribution in [2.24, 2.45) is 0 Å². The molecule has 0 amide bonds. The van der Waals surface area contributed by atoms with Crippen LogP contribution in [-0.2, 0) is 10.2 Å². The van der Waals surface area contributed by atoms with Crippen molar-refractivity contribution in [2.75, 3.05) is 40.5 Å². The summed E-state index contributed by atoms with van der Waals surface area (Å²) in [5.41, 5.74) is 1.02. The van der Waals surface area contributed by atoms with Gasteiger partial charge in [-0.2, -0.15) is 0 Å². The molecular formula is C14H21NO3. The van der Waals surface area contributed by atoms with Gasteiger partial charge in [0.25, 0.3) is 0 Å². The highest BCUT2D eigenvalue weighted by atomic mass is 16.5. The minimum absolute atomic E-state index is 0.101. The number of nitrogens with one attached hydrogen (secondary N) is 1. The SMILES string of the molecule is COc1ccc(OC)c(C2(C)CNCCOC2)c1. The molecule has 18 heavy (non-hydrogen) atoms. The lowest BCUT2D eigenvalue weighted by Crippen LogP contribution is -2.37. The Labute approximate surface area is 108 Å². The fourth-order valence-corrected chi connectivity index (χ4v) is 2.32. The summed E-state index contributed by atoms with van der Waals surface area (Å²) in [7, 11) is 3.37. The van der Waals surface area contributed by atoms with Crippen molar-refractivity contribution in [3.8, 4) is 11.5 Å². The molecule has 100 valence electrons. The van der Waals surface area contributed by atoms with Crippen LogP contribution in [-0.4, -0.2) is 40.5 Å². The maximum atomic E-state index is 5.68. The van der Waals surface area contributed by atoms with Crippen LogP contribution in [0.3, 0.4) is 0 Å². The van der Waals surface area contributed by atoms with E-state index in [4.69, 9.17) is 14.2 Å². The molecule has 0 radical (unpaired) electrons. The molecule has 0 bridgehead atoms. The maximum absolute atomic E-state index is 5.68. The summed E-state index contributed by atoms with van der Waals surface area (Å²) in [6.45, 7) is 5.38. The van der Waals surface area contributed by atoms with Crippen LogP contribution in [0.25, 0.3) is 0 Å². The Kier molecular flexibility index (Phi) is 4.09. The van der Waals surface area contributed by atoms with Crippen molar-refractivity contribution < 1.29 is 14.2 Å². The second-order valence-electron chi connectivity index (χ2n) is 4.86. The molecule has 0 saturated carbocycles. The summed E-state index contributed by atoms with van der Waals surface area (Å²) >= 11 is 0. The van der Waals surface area contributed by atoms with Gasteiger partial charge in [-0.05, 0) is 18.2 Å². The number of methoxy groups -OCH3 is 2. The van der Waals surface area contributed by atoms with Gasteiger partial charge in [0.15, 0.2) is 0 Å². The van der Waals surface area contributed by atoms with Gasteiger partial charge >= 0.3 is 0 Å². The Bertz CT molecular complexity index is 398. The monoisotopic (exact) mass is 251 g/mol. The number of rotatable bonds is 3. The van der Waals surface area contributed by atoms with Crippen molar-refractivity contribution in [3.05, 3.63) is 23.8 Å². The first-order valence-corrected chi connectivity index (χ1v) is 6.20. The van der Waals surface area contributed by atoms with Crippen molar-refractivity contribution >= 4 is 0 Å². The van der Waals surface area contributed by atoms with E-state index in [9.17, 15) is 0 Å². The van der Waals surface area contributed by atoms with Gasteiger partial charge in [-0.15, -0.1) is 0 Å². The van der Waals surface area contributed by atoms with Gasteiger partial charge in [0.05, 0.1) is 27.4 Å². The van der Waals surface area contributed by atoms with E-state index >= 15 is 0 Å². The smallest absolute Gasteiger partial charge is 0.123 e. The van der Waals surface area contributed by atoms with Crippen LogP contribution in [0.2, 0.25) is 0 Å². The third-order valence-electron chi connectivity index (χ3n) is 3.42. The van der Waals surface area contributed by atoms with E-state index in [1.165, 1.54) is 0 Å². The predicted molar refractivity (Wildman–Crippen MR) is 70.6 cm³/mol. The van der Waals surface area contributed by atoms with E-state index in [0.29, 0.717) is 6.61 Å². The Morgan fingerprint density at radius 2 is 2.11 bits per heavy atom. The Morgan fingerprint density at radius 3 is 2.83 bits per heavy atom. The Hall–Kier alpha value is -1.26. The first kappa shape index (κ1) is 13.2. The highest BCUT2D eigenvalue weighted by molar-refractivity contribution is 5.45. The van der Waals surface area contributed by atoms with E-state index in [1.54, 1.807) is 14.2 Å². The number of benzene rings is 1. The molecule has 0 aromatic heterocycles. The third-order valence-corrected chi connectivity index (χ3v) is 3.42. The molecule has 4 heteroatoms. The molecule has 1 aliphatic rings. The molecule has 1 N–H and O–H groups in total. The molecule has 1 saturated heterocycles. The van der Waals surface area contributed by atoms with Gasteiger partial charge in [-0.25, -0.2) is 0 Å². The molecule has 0 aliphatic carbocycles. The van der Waals surface area contributed by atoms with E-state index in [1.807, 2.05) is 18.2 Å². The topological polar surface area (TPSA) is 39.7 Å². The first-order valence-electron chi connectivity index (χ1n) is 6.20. The minimum atomic E-state index is -0.101. The number of hydrogen-bond donors (Lipinski definition) is 1.